The zero-order valence-corrected chi connectivity index (χ0v) is 8.74. The fourth-order valence-corrected chi connectivity index (χ4v) is 1.49. The summed E-state index contributed by atoms with van der Waals surface area (Å²) < 4.78 is 0. The van der Waals surface area contributed by atoms with Gasteiger partial charge in [-0.3, -0.25) is 4.79 Å². The predicted octanol–water partition coefficient (Wildman–Crippen LogP) is 1.70. The number of carbonyl (C=O) groups excluding carboxylic acids is 1. The lowest BCUT2D eigenvalue weighted by Crippen LogP contribution is -2.30. The zero-order chi connectivity index (χ0) is 10.8. The number of rotatable bonds is 2. The first-order chi connectivity index (χ1) is 7.18. The SMILES string of the molecule is CC(C)NC(=O)c1cccc2[nH]cnc12. The van der Waals surface area contributed by atoms with Crippen LogP contribution in [0.5, 0.6) is 0 Å². The number of fused-ring (bicyclic) bond motifs is 1. The molecule has 4 nitrogen and oxygen atoms in total. The summed E-state index contributed by atoms with van der Waals surface area (Å²) >= 11 is 0. The number of carbonyl (C=O) groups is 1. The number of nitrogens with one attached hydrogen (secondary N) is 2. The molecule has 78 valence electrons. The van der Waals surface area contributed by atoms with Crippen LogP contribution in [0, 0.1) is 0 Å². The van der Waals surface area contributed by atoms with Crippen LogP contribution < -0.4 is 5.32 Å². The van der Waals surface area contributed by atoms with Gasteiger partial charge in [0.05, 0.1) is 17.4 Å². The van der Waals surface area contributed by atoms with Crippen molar-refractivity contribution in [2.75, 3.05) is 0 Å². The van der Waals surface area contributed by atoms with E-state index in [-0.39, 0.29) is 11.9 Å². The van der Waals surface area contributed by atoms with Gasteiger partial charge in [-0.25, -0.2) is 4.98 Å². The Kier molecular flexibility index (Phi) is 2.41. The largest absolute Gasteiger partial charge is 0.350 e. The van der Waals surface area contributed by atoms with E-state index in [2.05, 4.69) is 15.3 Å². The fraction of sp³-hybridized carbons (Fsp3) is 0.273. The maximum Gasteiger partial charge on any atom is 0.253 e. The second-order valence-corrected chi connectivity index (χ2v) is 3.73. The molecule has 1 aromatic heterocycles. The molecular weight excluding hydrogens is 190 g/mol. The van der Waals surface area contributed by atoms with E-state index in [0.29, 0.717) is 5.56 Å². The minimum absolute atomic E-state index is 0.0808. The van der Waals surface area contributed by atoms with Crippen molar-refractivity contribution >= 4 is 16.9 Å². The van der Waals surface area contributed by atoms with Gasteiger partial charge in [0.1, 0.15) is 5.52 Å². The van der Waals surface area contributed by atoms with E-state index in [0.717, 1.165) is 11.0 Å². The zero-order valence-electron chi connectivity index (χ0n) is 8.74. The lowest BCUT2D eigenvalue weighted by molar-refractivity contribution is 0.0944. The number of aromatic amines is 1. The molecule has 0 aliphatic carbocycles. The molecule has 0 saturated carbocycles. The van der Waals surface area contributed by atoms with Gasteiger partial charge >= 0.3 is 0 Å². The Morgan fingerprint density at radius 3 is 3.00 bits per heavy atom. The minimum atomic E-state index is -0.0808. The molecule has 0 saturated heterocycles. The van der Waals surface area contributed by atoms with E-state index in [4.69, 9.17) is 0 Å². The highest BCUT2D eigenvalue weighted by atomic mass is 16.1. The lowest BCUT2D eigenvalue weighted by atomic mass is 10.1. The highest BCUT2D eigenvalue weighted by Gasteiger charge is 2.11. The molecule has 0 atom stereocenters. The quantitative estimate of drug-likeness (QED) is 0.780. The normalized spacial score (nSPS) is 10.9. The van der Waals surface area contributed by atoms with Crippen LogP contribution in [0.25, 0.3) is 11.0 Å². The van der Waals surface area contributed by atoms with Crippen molar-refractivity contribution in [1.29, 1.82) is 0 Å². The Morgan fingerprint density at radius 1 is 1.47 bits per heavy atom. The molecular formula is C11H13N3O. The standard InChI is InChI=1S/C11H13N3O/c1-7(2)14-11(15)8-4-3-5-9-10(8)13-6-12-9/h3-7H,1-2H3,(H,12,13)(H,14,15). The summed E-state index contributed by atoms with van der Waals surface area (Å²) in [6, 6.07) is 5.65. The van der Waals surface area contributed by atoms with Crippen LogP contribution in [0.15, 0.2) is 24.5 Å². The van der Waals surface area contributed by atoms with Gasteiger partial charge in [0.25, 0.3) is 5.91 Å². The first-order valence-corrected chi connectivity index (χ1v) is 4.91. The molecule has 1 amide bonds. The molecule has 15 heavy (non-hydrogen) atoms. The van der Waals surface area contributed by atoms with Crippen LogP contribution in [0.1, 0.15) is 24.2 Å². The summed E-state index contributed by atoms with van der Waals surface area (Å²) in [6.45, 7) is 3.87. The second kappa shape index (κ2) is 3.73. The van der Waals surface area contributed by atoms with Crippen LogP contribution in [-0.4, -0.2) is 21.9 Å². The highest BCUT2D eigenvalue weighted by molar-refractivity contribution is 6.04. The van der Waals surface area contributed by atoms with Gasteiger partial charge in [0.15, 0.2) is 0 Å². The molecule has 2 N–H and O–H groups in total. The third-order valence-corrected chi connectivity index (χ3v) is 2.11. The molecule has 2 rings (SSSR count). The van der Waals surface area contributed by atoms with E-state index in [1.165, 1.54) is 0 Å². The van der Waals surface area contributed by atoms with Gasteiger partial charge in [-0.2, -0.15) is 0 Å². The number of imidazole rings is 1. The monoisotopic (exact) mass is 203 g/mol. The van der Waals surface area contributed by atoms with Gasteiger partial charge in [0, 0.05) is 6.04 Å². The van der Waals surface area contributed by atoms with Gasteiger partial charge in [-0.15, -0.1) is 0 Å². The van der Waals surface area contributed by atoms with Crippen LogP contribution in [0.2, 0.25) is 0 Å². The Balaban J connectivity index is 2.42. The number of nitrogens with zero attached hydrogens (tertiary/aromatic N) is 1. The molecule has 1 heterocycles. The van der Waals surface area contributed by atoms with E-state index >= 15 is 0 Å². The van der Waals surface area contributed by atoms with E-state index in [1.54, 1.807) is 12.4 Å². The fourth-order valence-electron chi connectivity index (χ4n) is 1.49. The van der Waals surface area contributed by atoms with E-state index in [9.17, 15) is 4.79 Å². The first-order valence-electron chi connectivity index (χ1n) is 4.91. The van der Waals surface area contributed by atoms with Crippen molar-refractivity contribution in [3.63, 3.8) is 0 Å². The molecule has 0 radical (unpaired) electrons. The van der Waals surface area contributed by atoms with Gasteiger partial charge in [-0.05, 0) is 26.0 Å². The molecule has 0 spiro atoms. The Bertz CT molecular complexity index is 487. The number of hydrogen-bond donors (Lipinski definition) is 2. The maximum absolute atomic E-state index is 11.8. The number of hydrogen-bond acceptors (Lipinski definition) is 2. The number of benzene rings is 1. The van der Waals surface area contributed by atoms with Crippen molar-refractivity contribution in [2.45, 2.75) is 19.9 Å². The second-order valence-electron chi connectivity index (χ2n) is 3.73. The third kappa shape index (κ3) is 1.83. The topological polar surface area (TPSA) is 57.8 Å². The summed E-state index contributed by atoms with van der Waals surface area (Å²) in [5, 5.41) is 2.85. The summed E-state index contributed by atoms with van der Waals surface area (Å²) in [7, 11) is 0. The molecule has 0 unspecified atom stereocenters. The molecule has 2 aromatic rings. The molecule has 0 aliphatic rings. The van der Waals surface area contributed by atoms with Crippen LogP contribution in [0.3, 0.4) is 0 Å². The van der Waals surface area contributed by atoms with Crippen LogP contribution in [-0.2, 0) is 0 Å². The smallest absolute Gasteiger partial charge is 0.253 e. The average molecular weight is 203 g/mol. The third-order valence-electron chi connectivity index (χ3n) is 2.11. The number of para-hydroxylation sites is 1. The maximum atomic E-state index is 11.8. The van der Waals surface area contributed by atoms with E-state index < -0.39 is 0 Å². The Hall–Kier alpha value is -1.84. The summed E-state index contributed by atoms with van der Waals surface area (Å²) in [5.74, 6) is -0.0808. The Labute approximate surface area is 87.7 Å². The van der Waals surface area contributed by atoms with Crippen LogP contribution >= 0.6 is 0 Å². The Morgan fingerprint density at radius 2 is 2.27 bits per heavy atom. The summed E-state index contributed by atoms with van der Waals surface area (Å²) in [4.78, 5) is 18.9. The molecule has 1 aromatic carbocycles. The van der Waals surface area contributed by atoms with Crippen molar-refractivity contribution < 1.29 is 4.79 Å². The van der Waals surface area contributed by atoms with Gasteiger partial charge < -0.3 is 10.3 Å². The highest BCUT2D eigenvalue weighted by Crippen LogP contribution is 2.14. The number of amides is 1. The molecule has 0 fully saturated rings. The van der Waals surface area contributed by atoms with Crippen molar-refractivity contribution in [3.8, 4) is 0 Å². The van der Waals surface area contributed by atoms with Crippen molar-refractivity contribution in [2.24, 2.45) is 0 Å². The van der Waals surface area contributed by atoms with E-state index in [1.807, 2.05) is 26.0 Å². The lowest BCUT2D eigenvalue weighted by Gasteiger charge is -2.08. The minimum Gasteiger partial charge on any atom is -0.350 e. The molecule has 0 aliphatic heterocycles. The first kappa shape index (κ1) is 9.71. The van der Waals surface area contributed by atoms with Crippen LogP contribution in [0.4, 0.5) is 0 Å². The number of aromatic nitrogens is 2. The molecule has 0 bridgehead atoms. The summed E-state index contributed by atoms with van der Waals surface area (Å²) in [6.07, 6.45) is 1.59. The number of H-pyrrole nitrogens is 1. The van der Waals surface area contributed by atoms with Gasteiger partial charge in [-0.1, -0.05) is 6.07 Å². The molecule has 4 heteroatoms. The summed E-state index contributed by atoms with van der Waals surface area (Å²) in [5.41, 5.74) is 2.21. The average Bonchev–Trinajstić information content (AvgIpc) is 2.63. The predicted molar refractivity (Wildman–Crippen MR) is 58.7 cm³/mol. The van der Waals surface area contributed by atoms with Crippen molar-refractivity contribution in [1.82, 2.24) is 15.3 Å². The van der Waals surface area contributed by atoms with Crippen molar-refractivity contribution in [3.05, 3.63) is 30.1 Å². The van der Waals surface area contributed by atoms with Gasteiger partial charge in [0.2, 0.25) is 0 Å².